The molecular weight excluding hydrogens is 240 g/mol. The Labute approximate surface area is 114 Å². The number of amides is 2. The number of benzene rings is 1. The molecule has 0 spiro atoms. The van der Waals surface area contributed by atoms with Crippen molar-refractivity contribution in [2.45, 2.75) is 25.4 Å². The molecule has 5 nitrogen and oxygen atoms in total. The summed E-state index contributed by atoms with van der Waals surface area (Å²) in [6, 6.07) is 7.77. The zero-order chi connectivity index (χ0) is 13.7. The van der Waals surface area contributed by atoms with Crippen LogP contribution < -0.4 is 16.4 Å². The summed E-state index contributed by atoms with van der Waals surface area (Å²) in [4.78, 5) is 13.3. The van der Waals surface area contributed by atoms with Gasteiger partial charge in [0.2, 0.25) is 0 Å². The first-order chi connectivity index (χ1) is 9.15. The molecule has 19 heavy (non-hydrogen) atoms. The highest BCUT2D eigenvalue weighted by Crippen LogP contribution is 2.16. The molecule has 0 radical (unpaired) electrons. The minimum Gasteiger partial charge on any atom is -0.351 e. The van der Waals surface area contributed by atoms with E-state index in [1.807, 2.05) is 24.3 Å². The lowest BCUT2D eigenvalue weighted by Gasteiger charge is -2.29. The molecule has 0 bridgehead atoms. The maximum absolute atomic E-state index is 10.9. The molecule has 0 atom stereocenters. The fourth-order valence-electron chi connectivity index (χ4n) is 2.40. The normalized spacial score (nSPS) is 17.3. The minimum absolute atomic E-state index is 0.522. The summed E-state index contributed by atoms with van der Waals surface area (Å²) in [6.45, 7) is 3.03. The van der Waals surface area contributed by atoms with Crippen LogP contribution >= 0.6 is 0 Å². The van der Waals surface area contributed by atoms with E-state index in [9.17, 15) is 4.79 Å². The second-order valence-electron chi connectivity index (χ2n) is 5.10. The fourth-order valence-corrected chi connectivity index (χ4v) is 2.40. The van der Waals surface area contributed by atoms with Crippen LogP contribution in [0, 0.1) is 0 Å². The summed E-state index contributed by atoms with van der Waals surface area (Å²) in [5.41, 5.74) is 7.03. The van der Waals surface area contributed by atoms with Gasteiger partial charge in [-0.05, 0) is 44.6 Å². The van der Waals surface area contributed by atoms with Gasteiger partial charge in [0.15, 0.2) is 0 Å². The molecule has 0 aliphatic carbocycles. The summed E-state index contributed by atoms with van der Waals surface area (Å²) < 4.78 is 0. The Kier molecular flexibility index (Phi) is 4.76. The average Bonchev–Trinajstić information content (AvgIpc) is 2.39. The first kappa shape index (κ1) is 13.8. The Morgan fingerprint density at radius 2 is 2.05 bits per heavy atom. The molecule has 1 fully saturated rings. The predicted octanol–water partition coefficient (Wildman–Crippen LogP) is 1.36. The van der Waals surface area contributed by atoms with Crippen molar-refractivity contribution in [1.29, 1.82) is 0 Å². The van der Waals surface area contributed by atoms with Crippen molar-refractivity contribution in [1.82, 2.24) is 10.2 Å². The van der Waals surface area contributed by atoms with Gasteiger partial charge in [0.25, 0.3) is 0 Å². The second kappa shape index (κ2) is 6.54. The largest absolute Gasteiger partial charge is 0.351 e. The molecule has 4 N–H and O–H groups in total. The number of hydrogen-bond donors (Lipinski definition) is 3. The zero-order valence-corrected chi connectivity index (χ0v) is 11.4. The molecule has 104 valence electrons. The van der Waals surface area contributed by atoms with Crippen LogP contribution in [0.4, 0.5) is 10.5 Å². The van der Waals surface area contributed by atoms with Crippen molar-refractivity contribution in [2.24, 2.45) is 5.73 Å². The molecule has 2 amide bonds. The van der Waals surface area contributed by atoms with Gasteiger partial charge in [0.05, 0.1) is 0 Å². The number of urea groups is 1. The van der Waals surface area contributed by atoms with Crippen LogP contribution in [0.2, 0.25) is 0 Å². The van der Waals surface area contributed by atoms with E-state index < -0.39 is 6.03 Å². The van der Waals surface area contributed by atoms with Crippen LogP contribution in [0.25, 0.3) is 0 Å². The summed E-state index contributed by atoms with van der Waals surface area (Å²) in [5.74, 6) is 0. The van der Waals surface area contributed by atoms with Crippen LogP contribution in [-0.2, 0) is 6.54 Å². The third-order valence-corrected chi connectivity index (χ3v) is 3.57. The smallest absolute Gasteiger partial charge is 0.316 e. The molecule has 2 rings (SSSR count). The van der Waals surface area contributed by atoms with Crippen LogP contribution in [-0.4, -0.2) is 37.1 Å². The molecule has 5 heteroatoms. The van der Waals surface area contributed by atoms with Crippen LogP contribution in [0.15, 0.2) is 24.3 Å². The number of para-hydroxylation sites is 1. The van der Waals surface area contributed by atoms with Crippen molar-refractivity contribution in [3.05, 3.63) is 29.8 Å². The number of carbonyl (C=O) groups excluding carboxylic acids is 1. The topological polar surface area (TPSA) is 70.4 Å². The molecular formula is C14H22N4O. The molecule has 1 heterocycles. The number of nitrogens with one attached hydrogen (secondary N) is 2. The summed E-state index contributed by atoms with van der Waals surface area (Å²) in [5, 5.41) is 6.21. The Morgan fingerprint density at radius 1 is 1.37 bits per heavy atom. The van der Waals surface area contributed by atoms with Gasteiger partial charge < -0.3 is 21.3 Å². The molecule has 1 aromatic carbocycles. The van der Waals surface area contributed by atoms with Gasteiger partial charge in [-0.15, -0.1) is 0 Å². The highest BCUT2D eigenvalue weighted by Gasteiger charge is 2.16. The summed E-state index contributed by atoms with van der Waals surface area (Å²) >= 11 is 0. The number of carbonyl (C=O) groups is 1. The van der Waals surface area contributed by atoms with Crippen LogP contribution in [0.1, 0.15) is 18.4 Å². The van der Waals surface area contributed by atoms with Gasteiger partial charge in [-0.1, -0.05) is 18.2 Å². The van der Waals surface area contributed by atoms with Gasteiger partial charge in [-0.3, -0.25) is 0 Å². The van der Waals surface area contributed by atoms with E-state index >= 15 is 0 Å². The Morgan fingerprint density at radius 3 is 2.74 bits per heavy atom. The lowest BCUT2D eigenvalue weighted by Crippen LogP contribution is -2.40. The quantitative estimate of drug-likeness (QED) is 0.767. The molecule has 0 saturated carbocycles. The Balaban J connectivity index is 1.90. The summed E-state index contributed by atoms with van der Waals surface area (Å²) in [7, 11) is 2.16. The SMILES string of the molecule is CN1CCC(NCc2ccccc2NC(N)=O)CC1. The van der Waals surface area contributed by atoms with E-state index in [2.05, 4.69) is 22.6 Å². The number of rotatable bonds is 4. The minimum atomic E-state index is -0.522. The third kappa shape index (κ3) is 4.22. The van der Waals surface area contributed by atoms with Crippen LogP contribution in [0.5, 0.6) is 0 Å². The first-order valence-corrected chi connectivity index (χ1v) is 6.71. The Hall–Kier alpha value is -1.59. The molecule has 1 aliphatic heterocycles. The monoisotopic (exact) mass is 262 g/mol. The van der Waals surface area contributed by atoms with Crippen molar-refractivity contribution in [3.8, 4) is 0 Å². The number of nitrogens with zero attached hydrogens (tertiary/aromatic N) is 1. The van der Waals surface area contributed by atoms with Crippen molar-refractivity contribution < 1.29 is 4.79 Å². The second-order valence-corrected chi connectivity index (χ2v) is 5.10. The number of hydrogen-bond acceptors (Lipinski definition) is 3. The lowest BCUT2D eigenvalue weighted by molar-refractivity contribution is 0.234. The van der Waals surface area contributed by atoms with Gasteiger partial charge in [0, 0.05) is 18.3 Å². The van der Waals surface area contributed by atoms with E-state index in [1.165, 1.54) is 12.8 Å². The molecule has 0 unspecified atom stereocenters. The predicted molar refractivity (Wildman–Crippen MR) is 77.0 cm³/mol. The van der Waals surface area contributed by atoms with E-state index in [4.69, 9.17) is 5.73 Å². The zero-order valence-electron chi connectivity index (χ0n) is 11.4. The number of anilines is 1. The molecule has 1 saturated heterocycles. The maximum atomic E-state index is 10.9. The van der Waals surface area contributed by atoms with Gasteiger partial charge >= 0.3 is 6.03 Å². The first-order valence-electron chi connectivity index (χ1n) is 6.71. The highest BCUT2D eigenvalue weighted by molar-refractivity contribution is 5.88. The Bertz CT molecular complexity index is 427. The lowest BCUT2D eigenvalue weighted by atomic mass is 10.0. The number of likely N-dealkylation sites (tertiary alicyclic amines) is 1. The van der Waals surface area contributed by atoms with Crippen molar-refractivity contribution >= 4 is 11.7 Å². The number of primary amides is 1. The average molecular weight is 262 g/mol. The van der Waals surface area contributed by atoms with Crippen molar-refractivity contribution in [3.63, 3.8) is 0 Å². The number of nitrogens with two attached hydrogens (primary N) is 1. The molecule has 0 aromatic heterocycles. The van der Waals surface area contributed by atoms with Crippen molar-refractivity contribution in [2.75, 3.05) is 25.5 Å². The van der Waals surface area contributed by atoms with Crippen LogP contribution in [0.3, 0.4) is 0 Å². The fraction of sp³-hybridized carbons (Fsp3) is 0.500. The van der Waals surface area contributed by atoms with E-state index in [0.29, 0.717) is 6.04 Å². The van der Waals surface area contributed by atoms with Gasteiger partial charge in [0.1, 0.15) is 0 Å². The number of piperidine rings is 1. The molecule has 1 aliphatic rings. The van der Waals surface area contributed by atoms with E-state index in [0.717, 1.165) is 30.9 Å². The summed E-state index contributed by atoms with van der Waals surface area (Å²) in [6.07, 6.45) is 2.34. The standard InChI is InChI=1S/C14H22N4O/c1-18-8-6-12(7-9-18)16-10-11-4-2-3-5-13(11)17-14(15)19/h2-5,12,16H,6-10H2,1H3,(H3,15,17,19). The molecule has 1 aromatic rings. The van der Waals surface area contributed by atoms with E-state index in [1.54, 1.807) is 0 Å². The van der Waals surface area contributed by atoms with Gasteiger partial charge in [-0.25, -0.2) is 4.79 Å². The highest BCUT2D eigenvalue weighted by atomic mass is 16.2. The van der Waals surface area contributed by atoms with E-state index in [-0.39, 0.29) is 0 Å². The third-order valence-electron chi connectivity index (χ3n) is 3.57. The maximum Gasteiger partial charge on any atom is 0.316 e. The van der Waals surface area contributed by atoms with Gasteiger partial charge in [-0.2, -0.15) is 0 Å².